The van der Waals surface area contributed by atoms with Crippen LogP contribution in [-0.4, -0.2) is 73.5 Å². The molecular formula is C26H24ClN3O7. The Balaban J connectivity index is 1.73. The maximum Gasteiger partial charge on any atom is 0.255 e. The first-order chi connectivity index (χ1) is 17.4. The summed E-state index contributed by atoms with van der Waals surface area (Å²) >= 11 is 6.75. The average Bonchev–Trinajstić information content (AvgIpc) is 2.83. The number of amides is 1. The quantitative estimate of drug-likeness (QED) is 0.373. The lowest BCUT2D eigenvalue weighted by Gasteiger charge is -2.50. The lowest BCUT2D eigenvalue weighted by atomic mass is 9.57. The zero-order valence-corrected chi connectivity index (χ0v) is 20.7. The number of primary amides is 1. The van der Waals surface area contributed by atoms with Gasteiger partial charge in [0.05, 0.1) is 16.6 Å². The van der Waals surface area contributed by atoms with Gasteiger partial charge in [-0.15, -0.1) is 0 Å². The molecule has 3 aliphatic carbocycles. The highest BCUT2D eigenvalue weighted by atomic mass is 35.5. The van der Waals surface area contributed by atoms with E-state index in [-0.39, 0.29) is 34.8 Å². The van der Waals surface area contributed by atoms with Crippen LogP contribution in [0.2, 0.25) is 5.02 Å². The van der Waals surface area contributed by atoms with Crippen molar-refractivity contribution < 1.29 is 34.8 Å². The summed E-state index contributed by atoms with van der Waals surface area (Å²) in [5.74, 6) is -7.05. The number of likely N-dealkylation sites (N-methyl/N-ethyl adjacent to an activating group) is 1. The van der Waals surface area contributed by atoms with Crippen molar-refractivity contribution in [3.63, 3.8) is 0 Å². The molecule has 0 saturated heterocycles. The lowest BCUT2D eigenvalue weighted by molar-refractivity contribution is -0.153. The van der Waals surface area contributed by atoms with Crippen molar-refractivity contribution in [1.29, 1.82) is 0 Å². The normalized spacial score (nSPS) is 27.2. The second-order valence-corrected chi connectivity index (χ2v) is 10.2. The molecule has 1 saturated carbocycles. The number of halogens is 1. The summed E-state index contributed by atoms with van der Waals surface area (Å²) in [6.07, 6.45) is 3.24. The fourth-order valence-electron chi connectivity index (χ4n) is 6.03. The molecule has 10 nitrogen and oxygen atoms in total. The number of benzene rings is 1. The fraction of sp³-hybridized carbons (Fsp3) is 0.308. The zero-order valence-electron chi connectivity index (χ0n) is 19.9. The number of rotatable bonds is 3. The Labute approximate surface area is 216 Å². The van der Waals surface area contributed by atoms with Crippen LogP contribution in [0.5, 0.6) is 5.75 Å². The van der Waals surface area contributed by atoms with Crippen LogP contribution >= 0.6 is 11.6 Å². The molecule has 1 aromatic carbocycles. The number of fused-ring (bicyclic) bond motifs is 3. The molecule has 0 bridgehead atoms. The molecule has 0 aliphatic heterocycles. The van der Waals surface area contributed by atoms with Crippen molar-refractivity contribution in [3.8, 4) is 16.9 Å². The summed E-state index contributed by atoms with van der Waals surface area (Å²) in [5, 5.41) is 44.9. The van der Waals surface area contributed by atoms with Gasteiger partial charge in [-0.25, -0.2) is 0 Å². The van der Waals surface area contributed by atoms with Gasteiger partial charge in [0.25, 0.3) is 5.91 Å². The number of hydrogen-bond acceptors (Lipinski definition) is 9. The van der Waals surface area contributed by atoms with E-state index in [4.69, 9.17) is 17.3 Å². The van der Waals surface area contributed by atoms with E-state index >= 15 is 0 Å². The van der Waals surface area contributed by atoms with Crippen molar-refractivity contribution in [2.75, 3.05) is 14.1 Å². The van der Waals surface area contributed by atoms with Gasteiger partial charge < -0.3 is 26.2 Å². The highest BCUT2D eigenvalue weighted by molar-refractivity contribution is 6.34. The smallest absolute Gasteiger partial charge is 0.255 e. The summed E-state index contributed by atoms with van der Waals surface area (Å²) in [7, 11) is 3.09. The van der Waals surface area contributed by atoms with Crippen LogP contribution in [-0.2, 0) is 20.8 Å². The van der Waals surface area contributed by atoms with Crippen LogP contribution in [0, 0.1) is 11.8 Å². The van der Waals surface area contributed by atoms with E-state index in [1.165, 1.54) is 11.0 Å². The number of carbonyl (C=O) groups is 3. The Morgan fingerprint density at radius 3 is 2.43 bits per heavy atom. The molecule has 1 aromatic heterocycles. The van der Waals surface area contributed by atoms with Gasteiger partial charge in [0.2, 0.25) is 5.78 Å². The number of pyridine rings is 1. The molecule has 1 fully saturated rings. The summed E-state index contributed by atoms with van der Waals surface area (Å²) in [4.78, 5) is 44.4. The molecule has 11 heteroatoms. The van der Waals surface area contributed by atoms with Gasteiger partial charge in [-0.1, -0.05) is 11.6 Å². The standard InChI is InChI=1S/C26H24ClN3O7/c1-30(2)20-14-8-11-7-13-17(15(31)9-12(19(13)27)10-3-5-29-6-4-10)21(32)16(11)23(34)26(14,37)24(35)18(22(20)33)25(28)36/h3-6,9,11,14,20,31-32,35,37H,7-8H2,1-2H3,(H2,28,36)/t11-,14-,20-,26-/m0/s1. The molecular weight excluding hydrogens is 502 g/mol. The number of Topliss-reactive ketones (excluding diaryl/α,β-unsaturated/α-hetero) is 2. The van der Waals surface area contributed by atoms with Crippen molar-refractivity contribution in [3.05, 3.63) is 63.6 Å². The summed E-state index contributed by atoms with van der Waals surface area (Å²) < 4.78 is 0. The summed E-state index contributed by atoms with van der Waals surface area (Å²) in [6.45, 7) is 0. The maximum absolute atomic E-state index is 13.8. The molecule has 2 aromatic rings. The predicted octanol–water partition coefficient (Wildman–Crippen LogP) is 1.68. The molecule has 1 amide bonds. The first-order valence-electron chi connectivity index (χ1n) is 11.5. The highest BCUT2D eigenvalue weighted by Gasteiger charge is 2.64. The van der Waals surface area contributed by atoms with E-state index in [0.29, 0.717) is 16.7 Å². The Kier molecular flexibility index (Phi) is 5.67. The van der Waals surface area contributed by atoms with E-state index in [9.17, 15) is 34.8 Å². The Hall–Kier alpha value is -3.73. The third-order valence-electron chi connectivity index (χ3n) is 7.64. The SMILES string of the molecule is CN(C)[C@@H]1C(=O)C(C(N)=O)=C(O)[C@@]2(O)C(=O)C3=C(O)c4c(O)cc(-c5ccncc5)c(Cl)c4C[C@H]3C[C@@H]12. The van der Waals surface area contributed by atoms with Crippen molar-refractivity contribution in [1.82, 2.24) is 9.88 Å². The molecule has 1 heterocycles. The zero-order chi connectivity index (χ0) is 27.0. The number of carbonyl (C=O) groups excluding carboxylic acids is 3. The number of aliphatic hydroxyl groups excluding tert-OH is 2. The lowest BCUT2D eigenvalue weighted by Crippen LogP contribution is -2.65. The molecule has 4 atom stereocenters. The monoisotopic (exact) mass is 525 g/mol. The van der Waals surface area contributed by atoms with Gasteiger partial charge in [0.1, 0.15) is 22.8 Å². The van der Waals surface area contributed by atoms with Crippen LogP contribution in [0.3, 0.4) is 0 Å². The van der Waals surface area contributed by atoms with E-state index in [1.54, 1.807) is 38.6 Å². The van der Waals surface area contributed by atoms with Gasteiger partial charge in [0.15, 0.2) is 11.4 Å². The topological polar surface area (TPSA) is 174 Å². The maximum atomic E-state index is 13.8. The number of phenolic OH excluding ortho intramolecular Hbond substituents is 1. The Morgan fingerprint density at radius 2 is 1.84 bits per heavy atom. The number of aromatic nitrogens is 1. The first kappa shape index (κ1) is 24.9. The number of nitrogens with zero attached hydrogens (tertiary/aromatic N) is 2. The molecule has 6 N–H and O–H groups in total. The minimum atomic E-state index is -2.68. The summed E-state index contributed by atoms with van der Waals surface area (Å²) in [6, 6.07) is 3.64. The molecule has 5 rings (SSSR count). The molecule has 0 radical (unpaired) electrons. The van der Waals surface area contributed by atoms with Crippen molar-refractivity contribution in [2.45, 2.75) is 24.5 Å². The third-order valence-corrected chi connectivity index (χ3v) is 8.08. The van der Waals surface area contributed by atoms with Crippen LogP contribution in [0.1, 0.15) is 17.5 Å². The second-order valence-electron chi connectivity index (χ2n) is 9.81. The van der Waals surface area contributed by atoms with Crippen LogP contribution in [0.4, 0.5) is 0 Å². The predicted molar refractivity (Wildman–Crippen MR) is 132 cm³/mol. The minimum Gasteiger partial charge on any atom is -0.508 e. The summed E-state index contributed by atoms with van der Waals surface area (Å²) in [5.41, 5.74) is 3.10. The van der Waals surface area contributed by atoms with Crippen LogP contribution < -0.4 is 5.73 Å². The van der Waals surface area contributed by atoms with Gasteiger partial charge in [-0.3, -0.25) is 24.3 Å². The van der Waals surface area contributed by atoms with E-state index < -0.39 is 58.0 Å². The number of ketones is 2. The third kappa shape index (κ3) is 3.33. The van der Waals surface area contributed by atoms with Crippen LogP contribution in [0.25, 0.3) is 16.9 Å². The second kappa shape index (κ2) is 8.41. The number of aromatic hydroxyl groups is 1. The van der Waals surface area contributed by atoms with Gasteiger partial charge in [-0.05, 0) is 62.2 Å². The highest BCUT2D eigenvalue weighted by Crippen LogP contribution is 2.54. The minimum absolute atomic E-state index is 0.0116. The van der Waals surface area contributed by atoms with E-state index in [1.807, 2.05) is 0 Å². The van der Waals surface area contributed by atoms with Gasteiger partial charge >= 0.3 is 0 Å². The fourth-order valence-corrected chi connectivity index (χ4v) is 6.36. The molecule has 0 spiro atoms. The van der Waals surface area contributed by atoms with E-state index in [0.717, 1.165) is 0 Å². The number of aliphatic hydroxyl groups is 3. The van der Waals surface area contributed by atoms with Crippen LogP contribution in [0.15, 0.2) is 47.5 Å². The molecule has 37 heavy (non-hydrogen) atoms. The first-order valence-corrected chi connectivity index (χ1v) is 11.9. The molecule has 3 aliphatic rings. The number of nitrogens with two attached hydrogens (primary N) is 1. The Bertz CT molecular complexity index is 1450. The average molecular weight is 526 g/mol. The number of hydrogen-bond donors (Lipinski definition) is 5. The Morgan fingerprint density at radius 1 is 1.19 bits per heavy atom. The van der Waals surface area contributed by atoms with Gasteiger partial charge in [-0.2, -0.15) is 0 Å². The van der Waals surface area contributed by atoms with E-state index in [2.05, 4.69) is 4.98 Å². The number of phenols is 1. The van der Waals surface area contributed by atoms with Crippen molar-refractivity contribution in [2.24, 2.45) is 17.6 Å². The van der Waals surface area contributed by atoms with Gasteiger partial charge in [0, 0.05) is 29.4 Å². The molecule has 192 valence electrons. The largest absolute Gasteiger partial charge is 0.508 e. The van der Waals surface area contributed by atoms with Crippen molar-refractivity contribution >= 4 is 34.8 Å². The molecule has 0 unspecified atom stereocenters.